The molecule has 0 aromatic heterocycles. The molecule has 2 aliphatic heterocycles. The van der Waals surface area contributed by atoms with Gasteiger partial charge in [-0.25, -0.2) is 13.6 Å². The van der Waals surface area contributed by atoms with Gasteiger partial charge in [0.05, 0.1) is 24.8 Å². The Bertz CT molecular complexity index is 801. The van der Waals surface area contributed by atoms with Crippen molar-refractivity contribution in [1.82, 2.24) is 9.80 Å². The monoisotopic (exact) mass is 392 g/mol. The Hall–Kier alpha value is -2.41. The van der Waals surface area contributed by atoms with E-state index in [-0.39, 0.29) is 6.04 Å². The molecule has 1 saturated heterocycles. The van der Waals surface area contributed by atoms with Crippen molar-refractivity contribution in [2.75, 3.05) is 26.3 Å². The van der Waals surface area contributed by atoms with Crippen LogP contribution in [-0.4, -0.2) is 53.2 Å². The zero-order valence-corrected chi connectivity index (χ0v) is 16.3. The summed E-state index contributed by atoms with van der Waals surface area (Å²) in [5.74, 6) is -1.82. The zero-order valence-electron chi connectivity index (χ0n) is 16.3. The van der Waals surface area contributed by atoms with Gasteiger partial charge in [0, 0.05) is 19.6 Å². The van der Waals surface area contributed by atoms with Crippen molar-refractivity contribution >= 4 is 5.97 Å². The van der Waals surface area contributed by atoms with Crippen molar-refractivity contribution in [2.24, 2.45) is 0 Å². The number of benzene rings is 1. The topological polar surface area (TPSA) is 53.0 Å². The number of ether oxygens (including phenoxy) is 1. The molecule has 0 aliphatic carbocycles. The van der Waals surface area contributed by atoms with Crippen LogP contribution in [0.25, 0.3) is 0 Å². The van der Waals surface area contributed by atoms with E-state index in [9.17, 15) is 18.7 Å². The third-order valence-corrected chi connectivity index (χ3v) is 5.24. The molecule has 152 valence electrons. The molecule has 1 aromatic carbocycles. The summed E-state index contributed by atoms with van der Waals surface area (Å²) >= 11 is 0. The summed E-state index contributed by atoms with van der Waals surface area (Å²) in [6.07, 6.45) is 3.35. The normalized spacial score (nSPS) is 20.4. The molecule has 1 aromatic rings. The predicted octanol–water partition coefficient (Wildman–Crippen LogP) is 3.52. The molecule has 0 amide bonds. The lowest BCUT2D eigenvalue weighted by atomic mass is 9.92. The molecule has 2 heterocycles. The molecular weight excluding hydrogens is 366 g/mol. The van der Waals surface area contributed by atoms with E-state index in [1.807, 2.05) is 24.8 Å². The lowest BCUT2D eigenvalue weighted by Crippen LogP contribution is -2.48. The van der Waals surface area contributed by atoms with Gasteiger partial charge in [-0.3, -0.25) is 0 Å². The fraction of sp³-hybridized carbons (Fsp3) is 0.476. The van der Waals surface area contributed by atoms with Gasteiger partial charge in [0.15, 0.2) is 11.6 Å². The van der Waals surface area contributed by atoms with Crippen LogP contribution in [0.15, 0.2) is 41.2 Å². The van der Waals surface area contributed by atoms with E-state index in [1.54, 1.807) is 6.07 Å². The average Bonchev–Trinajstić information content (AvgIpc) is 2.67. The maximum Gasteiger partial charge on any atom is 0.333 e. The van der Waals surface area contributed by atoms with Crippen molar-refractivity contribution in [3.8, 4) is 0 Å². The van der Waals surface area contributed by atoms with Crippen LogP contribution in [0.2, 0.25) is 0 Å². The predicted molar refractivity (Wildman–Crippen MR) is 101 cm³/mol. The summed E-state index contributed by atoms with van der Waals surface area (Å²) in [4.78, 5) is 16.2. The number of carboxylic acids is 1. The molecule has 1 fully saturated rings. The SMILES string of the molecule is CCCC1C(C(=O)O)=C(C)C=C(N2CCOCC2)N1Cc1ccc(F)c(F)c1. The van der Waals surface area contributed by atoms with Gasteiger partial charge in [-0.1, -0.05) is 19.4 Å². The van der Waals surface area contributed by atoms with Crippen LogP contribution in [0.4, 0.5) is 8.78 Å². The molecule has 2 aliphatic rings. The summed E-state index contributed by atoms with van der Waals surface area (Å²) in [6.45, 7) is 6.74. The zero-order chi connectivity index (χ0) is 20.3. The van der Waals surface area contributed by atoms with Crippen LogP contribution < -0.4 is 0 Å². The number of nitrogens with zero attached hydrogens (tertiary/aromatic N) is 2. The highest BCUT2D eigenvalue weighted by atomic mass is 19.2. The Labute approximate surface area is 163 Å². The minimum atomic E-state index is -0.941. The number of rotatable bonds is 6. The summed E-state index contributed by atoms with van der Waals surface area (Å²) in [5.41, 5.74) is 1.69. The van der Waals surface area contributed by atoms with Crippen LogP contribution in [0, 0.1) is 11.6 Å². The number of halogens is 2. The summed E-state index contributed by atoms with van der Waals surface area (Å²) < 4.78 is 32.6. The van der Waals surface area contributed by atoms with Gasteiger partial charge in [0.1, 0.15) is 5.82 Å². The molecule has 28 heavy (non-hydrogen) atoms. The van der Waals surface area contributed by atoms with Crippen LogP contribution in [0.3, 0.4) is 0 Å². The second-order valence-corrected chi connectivity index (χ2v) is 7.18. The number of carboxylic acid groups (broad SMARTS) is 1. The Balaban J connectivity index is 2.02. The van der Waals surface area contributed by atoms with E-state index in [0.717, 1.165) is 23.9 Å². The first-order chi connectivity index (χ1) is 13.4. The second kappa shape index (κ2) is 8.73. The number of hydrogen-bond donors (Lipinski definition) is 1. The highest BCUT2D eigenvalue weighted by molar-refractivity contribution is 5.90. The van der Waals surface area contributed by atoms with Crippen molar-refractivity contribution in [1.29, 1.82) is 0 Å². The third kappa shape index (κ3) is 4.19. The Morgan fingerprint density at radius 3 is 2.57 bits per heavy atom. The Morgan fingerprint density at radius 2 is 1.96 bits per heavy atom. The van der Waals surface area contributed by atoms with E-state index in [4.69, 9.17) is 4.74 Å². The summed E-state index contributed by atoms with van der Waals surface area (Å²) in [5, 5.41) is 9.81. The van der Waals surface area contributed by atoms with Crippen molar-refractivity contribution in [2.45, 2.75) is 39.3 Å². The quantitative estimate of drug-likeness (QED) is 0.803. The van der Waals surface area contributed by atoms with Crippen molar-refractivity contribution < 1.29 is 23.4 Å². The highest BCUT2D eigenvalue weighted by Gasteiger charge is 2.35. The number of allylic oxidation sites excluding steroid dienone is 2. The molecule has 3 rings (SSSR count). The molecule has 0 saturated carbocycles. The maximum absolute atomic E-state index is 13.8. The molecule has 0 bridgehead atoms. The molecule has 1 N–H and O–H groups in total. The second-order valence-electron chi connectivity index (χ2n) is 7.18. The summed E-state index contributed by atoms with van der Waals surface area (Å²) in [7, 11) is 0. The first kappa shape index (κ1) is 20.3. The van der Waals surface area contributed by atoms with E-state index in [1.165, 1.54) is 6.07 Å². The first-order valence-electron chi connectivity index (χ1n) is 9.61. The van der Waals surface area contributed by atoms with Crippen LogP contribution >= 0.6 is 0 Å². The van der Waals surface area contributed by atoms with Crippen molar-refractivity contribution in [3.05, 3.63) is 58.4 Å². The van der Waals surface area contributed by atoms with Crippen LogP contribution in [0.1, 0.15) is 32.3 Å². The Morgan fingerprint density at radius 1 is 1.25 bits per heavy atom. The highest BCUT2D eigenvalue weighted by Crippen LogP contribution is 2.33. The number of morpholine rings is 1. The van der Waals surface area contributed by atoms with Crippen LogP contribution in [-0.2, 0) is 16.1 Å². The van der Waals surface area contributed by atoms with Gasteiger partial charge < -0.3 is 19.6 Å². The third-order valence-electron chi connectivity index (χ3n) is 5.24. The van der Waals surface area contributed by atoms with Gasteiger partial charge in [0.25, 0.3) is 0 Å². The van der Waals surface area contributed by atoms with Gasteiger partial charge in [-0.15, -0.1) is 0 Å². The van der Waals surface area contributed by atoms with Gasteiger partial charge in [-0.2, -0.15) is 0 Å². The fourth-order valence-corrected chi connectivity index (χ4v) is 3.91. The molecule has 7 heteroatoms. The smallest absolute Gasteiger partial charge is 0.333 e. The van der Waals surface area contributed by atoms with Gasteiger partial charge >= 0.3 is 5.97 Å². The summed E-state index contributed by atoms with van der Waals surface area (Å²) in [6, 6.07) is 3.50. The van der Waals surface area contributed by atoms with E-state index >= 15 is 0 Å². The maximum atomic E-state index is 13.8. The lowest BCUT2D eigenvalue weighted by molar-refractivity contribution is -0.133. The molecule has 5 nitrogen and oxygen atoms in total. The van der Waals surface area contributed by atoms with E-state index in [2.05, 4.69) is 4.90 Å². The Kier molecular flexibility index (Phi) is 6.34. The number of carbonyl (C=O) groups is 1. The molecule has 1 atom stereocenters. The largest absolute Gasteiger partial charge is 0.478 e. The first-order valence-corrected chi connectivity index (χ1v) is 9.61. The number of hydrogen-bond acceptors (Lipinski definition) is 4. The van der Waals surface area contributed by atoms with E-state index < -0.39 is 17.6 Å². The van der Waals surface area contributed by atoms with Crippen molar-refractivity contribution in [3.63, 3.8) is 0 Å². The minimum Gasteiger partial charge on any atom is -0.478 e. The fourth-order valence-electron chi connectivity index (χ4n) is 3.91. The lowest BCUT2D eigenvalue weighted by Gasteiger charge is -2.45. The van der Waals surface area contributed by atoms with E-state index in [0.29, 0.717) is 50.4 Å². The average molecular weight is 392 g/mol. The van der Waals surface area contributed by atoms with Crippen LogP contribution in [0.5, 0.6) is 0 Å². The van der Waals surface area contributed by atoms with Gasteiger partial charge in [-0.05, 0) is 42.7 Å². The van der Waals surface area contributed by atoms with Gasteiger partial charge in [0.2, 0.25) is 0 Å². The molecular formula is C21H26F2N2O3. The number of aliphatic carboxylic acids is 1. The standard InChI is InChI=1S/C21H26F2N2O3/c1-3-4-18-20(21(26)27)14(2)11-19(24-7-9-28-10-8-24)25(18)13-15-5-6-16(22)17(23)12-15/h5-6,11-12,18H,3-4,7-10,13H2,1-2H3,(H,26,27). The molecule has 1 unspecified atom stereocenters. The molecule has 0 spiro atoms. The molecule has 0 radical (unpaired) electrons. The minimum absolute atomic E-state index is 0.301.